The Bertz CT molecular complexity index is 298. The molecule has 0 spiro atoms. The minimum absolute atomic E-state index is 0.382. The van der Waals surface area contributed by atoms with Crippen molar-refractivity contribution < 1.29 is 0 Å². The van der Waals surface area contributed by atoms with Gasteiger partial charge in [-0.1, -0.05) is 27.7 Å². The predicted octanol–water partition coefficient (Wildman–Crippen LogP) is 3.79. The van der Waals surface area contributed by atoms with Crippen LogP contribution in [0.1, 0.15) is 72.6 Å². The lowest BCUT2D eigenvalue weighted by atomic mass is 9.71. The molecule has 19 heavy (non-hydrogen) atoms. The van der Waals surface area contributed by atoms with Crippen LogP contribution in [0, 0.1) is 10.8 Å². The lowest BCUT2D eigenvalue weighted by molar-refractivity contribution is 0.0378. The lowest BCUT2D eigenvalue weighted by Gasteiger charge is -2.48. The fraction of sp³-hybridized carbons (Fsp3) is 1.00. The summed E-state index contributed by atoms with van der Waals surface area (Å²) in [5, 5.41) is 0. The molecule has 2 aliphatic carbocycles. The van der Waals surface area contributed by atoms with Gasteiger partial charge in [-0.15, -0.1) is 0 Å². The first-order valence-corrected chi connectivity index (χ1v) is 8.18. The second-order valence-electron chi connectivity index (χ2n) is 8.70. The zero-order valence-corrected chi connectivity index (χ0v) is 13.7. The molecule has 2 fully saturated rings. The molecule has 2 saturated carbocycles. The number of rotatable bonds is 2. The van der Waals surface area contributed by atoms with Gasteiger partial charge in [0.2, 0.25) is 0 Å². The van der Waals surface area contributed by atoms with Crippen LogP contribution in [0.2, 0.25) is 0 Å². The summed E-state index contributed by atoms with van der Waals surface area (Å²) in [6.45, 7) is 9.64. The molecule has 0 bridgehead atoms. The van der Waals surface area contributed by atoms with Gasteiger partial charge in [0.15, 0.2) is 0 Å². The van der Waals surface area contributed by atoms with Crippen LogP contribution in [0.3, 0.4) is 0 Å². The number of hydrogen-bond acceptors (Lipinski definition) is 2. The van der Waals surface area contributed by atoms with Crippen molar-refractivity contribution in [3.63, 3.8) is 0 Å². The predicted molar refractivity (Wildman–Crippen MR) is 83.2 cm³/mol. The van der Waals surface area contributed by atoms with Crippen molar-refractivity contribution in [3.05, 3.63) is 0 Å². The summed E-state index contributed by atoms with van der Waals surface area (Å²) in [5.74, 6) is 0. The number of nitrogens with two attached hydrogens (primary N) is 1. The van der Waals surface area contributed by atoms with E-state index in [0.717, 1.165) is 6.04 Å². The minimum Gasteiger partial charge on any atom is -0.326 e. The zero-order chi connectivity index (χ0) is 14.3. The Labute approximate surface area is 120 Å². The van der Waals surface area contributed by atoms with E-state index < -0.39 is 0 Å². The molecular weight excluding hydrogens is 232 g/mol. The highest BCUT2D eigenvalue weighted by Gasteiger charge is 2.38. The van der Waals surface area contributed by atoms with E-state index in [2.05, 4.69) is 39.6 Å². The van der Waals surface area contributed by atoms with E-state index in [4.69, 9.17) is 5.73 Å². The Morgan fingerprint density at radius 1 is 0.895 bits per heavy atom. The Balaban J connectivity index is 1.97. The molecule has 0 radical (unpaired) electrons. The standard InChI is InChI=1S/C17H34N2/c1-16(2)9-6-13(7-10-16)19(5)15-12-17(3,4)11-8-14(15)18/h13-15H,6-12,18H2,1-5H3. The molecule has 2 unspecified atom stereocenters. The van der Waals surface area contributed by atoms with E-state index in [1.807, 2.05) is 0 Å². The van der Waals surface area contributed by atoms with E-state index in [1.165, 1.54) is 44.9 Å². The van der Waals surface area contributed by atoms with E-state index in [-0.39, 0.29) is 0 Å². The van der Waals surface area contributed by atoms with Crippen molar-refractivity contribution in [2.75, 3.05) is 7.05 Å². The second kappa shape index (κ2) is 5.37. The average molecular weight is 266 g/mol. The molecule has 0 amide bonds. The summed E-state index contributed by atoms with van der Waals surface area (Å²) in [4.78, 5) is 2.64. The van der Waals surface area contributed by atoms with Crippen molar-refractivity contribution in [2.45, 2.75) is 90.8 Å². The first-order valence-electron chi connectivity index (χ1n) is 8.18. The van der Waals surface area contributed by atoms with Gasteiger partial charge in [0.25, 0.3) is 0 Å². The van der Waals surface area contributed by atoms with Crippen molar-refractivity contribution in [1.29, 1.82) is 0 Å². The van der Waals surface area contributed by atoms with Gasteiger partial charge in [-0.05, 0) is 62.8 Å². The molecule has 0 aromatic heterocycles. The van der Waals surface area contributed by atoms with Crippen molar-refractivity contribution in [3.8, 4) is 0 Å². The molecule has 2 atom stereocenters. The summed E-state index contributed by atoms with van der Waals surface area (Å²) in [6, 6.07) is 1.74. The average Bonchev–Trinajstić information content (AvgIpc) is 2.31. The molecule has 2 aliphatic rings. The van der Waals surface area contributed by atoms with Crippen LogP contribution in [-0.2, 0) is 0 Å². The maximum Gasteiger partial charge on any atom is 0.0252 e. The molecule has 2 nitrogen and oxygen atoms in total. The Kier molecular flexibility index (Phi) is 4.32. The van der Waals surface area contributed by atoms with Crippen LogP contribution in [0.5, 0.6) is 0 Å². The SMILES string of the molecule is CN(C1CCC(C)(C)CC1)C1CC(C)(C)CCC1N. The van der Waals surface area contributed by atoms with Crippen LogP contribution in [0.15, 0.2) is 0 Å². The Hall–Kier alpha value is -0.0800. The third-order valence-corrected chi connectivity index (χ3v) is 5.82. The van der Waals surface area contributed by atoms with Gasteiger partial charge in [0, 0.05) is 18.1 Å². The van der Waals surface area contributed by atoms with Gasteiger partial charge >= 0.3 is 0 Å². The van der Waals surface area contributed by atoms with Crippen molar-refractivity contribution in [1.82, 2.24) is 4.90 Å². The van der Waals surface area contributed by atoms with Gasteiger partial charge in [0.05, 0.1) is 0 Å². The van der Waals surface area contributed by atoms with E-state index in [1.54, 1.807) is 0 Å². The van der Waals surface area contributed by atoms with Crippen molar-refractivity contribution >= 4 is 0 Å². The maximum atomic E-state index is 6.42. The van der Waals surface area contributed by atoms with E-state index in [0.29, 0.717) is 22.9 Å². The van der Waals surface area contributed by atoms with Crippen LogP contribution < -0.4 is 5.73 Å². The van der Waals surface area contributed by atoms with Crippen LogP contribution in [0.4, 0.5) is 0 Å². The first-order chi connectivity index (χ1) is 8.70. The summed E-state index contributed by atoms with van der Waals surface area (Å²) in [7, 11) is 2.33. The number of hydrogen-bond donors (Lipinski definition) is 1. The summed E-state index contributed by atoms with van der Waals surface area (Å²) >= 11 is 0. The maximum absolute atomic E-state index is 6.42. The smallest absolute Gasteiger partial charge is 0.0252 e. The molecule has 0 heterocycles. The van der Waals surface area contributed by atoms with Crippen LogP contribution in [0.25, 0.3) is 0 Å². The lowest BCUT2D eigenvalue weighted by Crippen LogP contribution is -2.55. The fourth-order valence-corrected chi connectivity index (χ4v) is 4.08. The van der Waals surface area contributed by atoms with Gasteiger partial charge in [-0.2, -0.15) is 0 Å². The van der Waals surface area contributed by atoms with Gasteiger partial charge < -0.3 is 5.73 Å². The van der Waals surface area contributed by atoms with Crippen LogP contribution >= 0.6 is 0 Å². The van der Waals surface area contributed by atoms with Gasteiger partial charge in [0.1, 0.15) is 0 Å². The highest BCUT2D eigenvalue weighted by Crippen LogP contribution is 2.41. The number of likely N-dealkylation sites (N-methyl/N-ethyl adjacent to an activating group) is 1. The van der Waals surface area contributed by atoms with E-state index in [9.17, 15) is 0 Å². The third-order valence-electron chi connectivity index (χ3n) is 5.82. The van der Waals surface area contributed by atoms with Crippen molar-refractivity contribution in [2.24, 2.45) is 16.6 Å². The molecule has 0 aromatic carbocycles. The van der Waals surface area contributed by atoms with E-state index >= 15 is 0 Å². The first kappa shape index (κ1) is 15.3. The second-order valence-corrected chi connectivity index (χ2v) is 8.70. The molecule has 2 heteroatoms. The number of nitrogens with zero attached hydrogens (tertiary/aromatic N) is 1. The largest absolute Gasteiger partial charge is 0.326 e. The summed E-state index contributed by atoms with van der Waals surface area (Å²) in [6.07, 6.45) is 9.20. The van der Waals surface area contributed by atoms with Gasteiger partial charge in [-0.25, -0.2) is 0 Å². The molecular formula is C17H34N2. The third kappa shape index (κ3) is 3.72. The minimum atomic E-state index is 0.382. The summed E-state index contributed by atoms with van der Waals surface area (Å²) < 4.78 is 0. The zero-order valence-electron chi connectivity index (χ0n) is 13.7. The molecule has 2 N–H and O–H groups in total. The molecule has 0 saturated heterocycles. The molecule has 0 aliphatic heterocycles. The Morgan fingerprint density at radius 2 is 1.42 bits per heavy atom. The quantitative estimate of drug-likeness (QED) is 0.824. The van der Waals surface area contributed by atoms with Gasteiger partial charge in [-0.3, -0.25) is 4.90 Å². The summed E-state index contributed by atoms with van der Waals surface area (Å²) in [5.41, 5.74) is 7.46. The highest BCUT2D eigenvalue weighted by molar-refractivity contribution is 4.95. The molecule has 0 aromatic rings. The molecule has 2 rings (SSSR count). The molecule has 112 valence electrons. The fourth-order valence-electron chi connectivity index (χ4n) is 4.08. The Morgan fingerprint density at radius 3 is 2.00 bits per heavy atom. The van der Waals surface area contributed by atoms with Crippen LogP contribution in [-0.4, -0.2) is 30.1 Å². The monoisotopic (exact) mass is 266 g/mol. The highest BCUT2D eigenvalue weighted by atomic mass is 15.2. The topological polar surface area (TPSA) is 29.3 Å². The normalized spacial score (nSPS) is 35.5.